The summed E-state index contributed by atoms with van der Waals surface area (Å²) in [6.45, 7) is 3.52. The molecular weight excluding hydrogens is 328 g/mol. The summed E-state index contributed by atoms with van der Waals surface area (Å²) in [5.74, 6) is 0.789. The molecule has 0 atom stereocenters. The SMILES string of the molecule is CCCCNC(=O)CCCNc1ncnc2c1ncn2-c1ccccc1. The smallest absolute Gasteiger partial charge is 0.220 e. The molecule has 26 heavy (non-hydrogen) atoms. The predicted molar refractivity (Wildman–Crippen MR) is 102 cm³/mol. The molecular formula is C19H24N6O. The summed E-state index contributed by atoms with van der Waals surface area (Å²) >= 11 is 0. The van der Waals surface area contributed by atoms with Crippen LogP contribution in [0.5, 0.6) is 0 Å². The highest BCUT2D eigenvalue weighted by molar-refractivity contribution is 5.83. The molecule has 3 aromatic rings. The van der Waals surface area contributed by atoms with E-state index in [1.807, 2.05) is 34.9 Å². The summed E-state index contributed by atoms with van der Waals surface area (Å²) in [5, 5.41) is 6.19. The van der Waals surface area contributed by atoms with Crippen molar-refractivity contribution in [1.29, 1.82) is 0 Å². The molecule has 7 nitrogen and oxygen atoms in total. The van der Waals surface area contributed by atoms with Crippen LogP contribution in [0.4, 0.5) is 5.82 Å². The molecule has 0 unspecified atom stereocenters. The minimum Gasteiger partial charge on any atom is -0.368 e. The monoisotopic (exact) mass is 352 g/mol. The lowest BCUT2D eigenvalue weighted by atomic mass is 10.2. The molecule has 0 radical (unpaired) electrons. The molecule has 0 aliphatic heterocycles. The normalized spacial score (nSPS) is 10.8. The molecule has 0 fully saturated rings. The van der Waals surface area contributed by atoms with E-state index in [0.717, 1.165) is 42.7 Å². The summed E-state index contributed by atoms with van der Waals surface area (Å²) in [6.07, 6.45) is 6.63. The largest absolute Gasteiger partial charge is 0.368 e. The minimum absolute atomic E-state index is 0.0986. The van der Waals surface area contributed by atoms with Gasteiger partial charge in [-0.3, -0.25) is 9.36 Å². The molecule has 1 aromatic carbocycles. The fraction of sp³-hybridized carbons (Fsp3) is 0.368. The molecule has 0 aliphatic rings. The van der Waals surface area contributed by atoms with Gasteiger partial charge in [0, 0.05) is 25.2 Å². The second-order valence-electron chi connectivity index (χ2n) is 6.08. The quantitative estimate of drug-likeness (QED) is 0.579. The Balaban J connectivity index is 1.59. The van der Waals surface area contributed by atoms with Crippen molar-refractivity contribution in [2.45, 2.75) is 32.6 Å². The Morgan fingerprint density at radius 1 is 1.08 bits per heavy atom. The molecule has 0 saturated heterocycles. The average Bonchev–Trinajstić information content (AvgIpc) is 3.11. The van der Waals surface area contributed by atoms with Crippen molar-refractivity contribution < 1.29 is 4.79 Å². The van der Waals surface area contributed by atoms with E-state index in [0.29, 0.717) is 18.8 Å². The van der Waals surface area contributed by atoms with E-state index in [-0.39, 0.29) is 5.91 Å². The Labute approximate surface area is 152 Å². The van der Waals surface area contributed by atoms with Gasteiger partial charge in [-0.05, 0) is 25.0 Å². The number of rotatable bonds is 9. The number of nitrogens with zero attached hydrogens (tertiary/aromatic N) is 4. The van der Waals surface area contributed by atoms with E-state index in [9.17, 15) is 4.79 Å². The van der Waals surface area contributed by atoms with Crippen molar-refractivity contribution >= 4 is 22.9 Å². The van der Waals surface area contributed by atoms with Crippen LogP contribution in [0.3, 0.4) is 0 Å². The van der Waals surface area contributed by atoms with Gasteiger partial charge >= 0.3 is 0 Å². The van der Waals surface area contributed by atoms with Gasteiger partial charge in [-0.2, -0.15) is 0 Å². The zero-order valence-corrected chi connectivity index (χ0v) is 15.0. The number of hydrogen-bond acceptors (Lipinski definition) is 5. The number of benzene rings is 1. The third kappa shape index (κ3) is 4.36. The third-order valence-electron chi connectivity index (χ3n) is 4.09. The maximum absolute atomic E-state index is 11.7. The van der Waals surface area contributed by atoms with Crippen molar-refractivity contribution in [3.63, 3.8) is 0 Å². The fourth-order valence-electron chi connectivity index (χ4n) is 2.69. The van der Waals surface area contributed by atoms with Gasteiger partial charge in [0.2, 0.25) is 5.91 Å². The first-order chi connectivity index (χ1) is 12.8. The Hall–Kier alpha value is -2.96. The highest BCUT2D eigenvalue weighted by atomic mass is 16.1. The Bertz CT molecular complexity index is 846. The maximum Gasteiger partial charge on any atom is 0.220 e. The summed E-state index contributed by atoms with van der Waals surface area (Å²) < 4.78 is 1.93. The van der Waals surface area contributed by atoms with Crippen LogP contribution in [-0.2, 0) is 4.79 Å². The zero-order valence-electron chi connectivity index (χ0n) is 15.0. The number of fused-ring (bicyclic) bond motifs is 1. The van der Waals surface area contributed by atoms with E-state index in [2.05, 4.69) is 32.5 Å². The van der Waals surface area contributed by atoms with Gasteiger partial charge in [0.25, 0.3) is 0 Å². The molecule has 1 amide bonds. The van der Waals surface area contributed by atoms with Crippen LogP contribution in [0.2, 0.25) is 0 Å². The van der Waals surface area contributed by atoms with Crippen LogP contribution in [0.1, 0.15) is 32.6 Å². The number of unbranched alkanes of at least 4 members (excludes halogenated alkanes) is 1. The number of amides is 1. The van der Waals surface area contributed by atoms with Gasteiger partial charge < -0.3 is 10.6 Å². The lowest BCUT2D eigenvalue weighted by Gasteiger charge is -2.07. The first-order valence-corrected chi connectivity index (χ1v) is 9.03. The Morgan fingerprint density at radius 2 is 1.92 bits per heavy atom. The molecule has 0 spiro atoms. The lowest BCUT2D eigenvalue weighted by molar-refractivity contribution is -0.121. The first-order valence-electron chi connectivity index (χ1n) is 9.03. The highest BCUT2D eigenvalue weighted by Crippen LogP contribution is 2.20. The molecule has 136 valence electrons. The molecule has 2 heterocycles. The zero-order chi connectivity index (χ0) is 18.2. The third-order valence-corrected chi connectivity index (χ3v) is 4.09. The minimum atomic E-state index is 0.0986. The molecule has 0 bridgehead atoms. The number of aromatic nitrogens is 4. The fourth-order valence-corrected chi connectivity index (χ4v) is 2.69. The summed E-state index contributed by atoms with van der Waals surface area (Å²) in [4.78, 5) is 24.8. The van der Waals surface area contributed by atoms with Crippen LogP contribution in [0.25, 0.3) is 16.9 Å². The number of anilines is 1. The number of nitrogens with one attached hydrogen (secondary N) is 2. The summed E-state index contributed by atoms with van der Waals surface area (Å²) in [7, 11) is 0. The first kappa shape index (κ1) is 17.8. The molecule has 0 aliphatic carbocycles. The van der Waals surface area contributed by atoms with Crippen LogP contribution in [-0.4, -0.2) is 38.5 Å². The van der Waals surface area contributed by atoms with Gasteiger partial charge in [-0.1, -0.05) is 31.5 Å². The highest BCUT2D eigenvalue weighted by Gasteiger charge is 2.11. The van der Waals surface area contributed by atoms with Gasteiger partial charge in [0.1, 0.15) is 12.7 Å². The van der Waals surface area contributed by atoms with Gasteiger partial charge in [0.15, 0.2) is 17.0 Å². The van der Waals surface area contributed by atoms with E-state index in [1.54, 1.807) is 6.33 Å². The standard InChI is InChI=1S/C19H24N6O/c1-2-3-11-20-16(26)10-7-12-21-18-17-19(23-13-22-18)25(14-24-17)15-8-5-4-6-9-15/h4-6,8-9,13-14H,2-3,7,10-12H2,1H3,(H,20,26)(H,21,22,23). The number of carbonyl (C=O) groups excluding carboxylic acids is 1. The van der Waals surface area contributed by atoms with Crippen molar-refractivity contribution in [3.8, 4) is 5.69 Å². The van der Waals surface area contributed by atoms with Gasteiger partial charge in [-0.15, -0.1) is 0 Å². The Kier molecular flexibility index (Phi) is 6.14. The van der Waals surface area contributed by atoms with Crippen LogP contribution < -0.4 is 10.6 Å². The number of carbonyl (C=O) groups is 1. The second-order valence-corrected chi connectivity index (χ2v) is 6.08. The summed E-state index contributed by atoms with van der Waals surface area (Å²) in [5.41, 5.74) is 2.48. The molecule has 2 aromatic heterocycles. The van der Waals surface area contributed by atoms with Gasteiger partial charge in [0.05, 0.1) is 0 Å². The van der Waals surface area contributed by atoms with Crippen molar-refractivity contribution in [1.82, 2.24) is 24.8 Å². The van der Waals surface area contributed by atoms with Crippen molar-refractivity contribution in [3.05, 3.63) is 43.0 Å². The van der Waals surface area contributed by atoms with E-state index in [1.165, 1.54) is 6.33 Å². The van der Waals surface area contributed by atoms with E-state index < -0.39 is 0 Å². The molecule has 3 rings (SSSR count). The van der Waals surface area contributed by atoms with E-state index >= 15 is 0 Å². The number of para-hydroxylation sites is 1. The molecule has 2 N–H and O–H groups in total. The van der Waals surface area contributed by atoms with Crippen molar-refractivity contribution in [2.75, 3.05) is 18.4 Å². The second kappa shape index (κ2) is 8.94. The number of hydrogen-bond donors (Lipinski definition) is 2. The van der Waals surface area contributed by atoms with Crippen LogP contribution >= 0.6 is 0 Å². The maximum atomic E-state index is 11.7. The Morgan fingerprint density at radius 3 is 2.73 bits per heavy atom. The molecule has 0 saturated carbocycles. The van der Waals surface area contributed by atoms with Crippen molar-refractivity contribution in [2.24, 2.45) is 0 Å². The summed E-state index contributed by atoms with van der Waals surface area (Å²) in [6, 6.07) is 9.95. The van der Waals surface area contributed by atoms with Crippen LogP contribution in [0, 0.1) is 0 Å². The lowest BCUT2D eigenvalue weighted by Crippen LogP contribution is -2.24. The average molecular weight is 352 g/mol. The van der Waals surface area contributed by atoms with E-state index in [4.69, 9.17) is 0 Å². The topological polar surface area (TPSA) is 84.7 Å². The number of imidazole rings is 1. The molecule has 7 heteroatoms. The predicted octanol–water partition coefficient (Wildman–Crippen LogP) is 2.92. The van der Waals surface area contributed by atoms with Gasteiger partial charge in [-0.25, -0.2) is 15.0 Å². The van der Waals surface area contributed by atoms with Crippen LogP contribution in [0.15, 0.2) is 43.0 Å².